The van der Waals surface area contributed by atoms with Gasteiger partial charge in [-0.1, -0.05) is 0 Å². The Morgan fingerprint density at radius 1 is 1.43 bits per heavy atom. The third-order valence-corrected chi connectivity index (χ3v) is 3.39. The lowest BCUT2D eigenvalue weighted by Gasteiger charge is -2.22. The van der Waals surface area contributed by atoms with E-state index in [-0.39, 0.29) is 0 Å². The molecule has 2 atom stereocenters. The van der Waals surface area contributed by atoms with Crippen molar-refractivity contribution in [3.05, 3.63) is 0 Å². The fourth-order valence-corrected chi connectivity index (χ4v) is 2.71. The highest BCUT2D eigenvalue weighted by atomic mass is 15.3. The first-order valence-electron chi connectivity index (χ1n) is 5.36. The van der Waals surface area contributed by atoms with E-state index in [4.69, 9.17) is 5.73 Å². The van der Waals surface area contributed by atoms with Crippen molar-refractivity contribution in [2.75, 3.05) is 33.7 Å². The predicted molar refractivity (Wildman–Crippen MR) is 58.2 cm³/mol. The first kappa shape index (κ1) is 9.77. The zero-order valence-corrected chi connectivity index (χ0v) is 9.27. The van der Waals surface area contributed by atoms with Crippen molar-refractivity contribution in [1.82, 2.24) is 9.80 Å². The molecule has 2 N–H and O–H groups in total. The van der Waals surface area contributed by atoms with Gasteiger partial charge in [-0.15, -0.1) is 0 Å². The van der Waals surface area contributed by atoms with Gasteiger partial charge in [0.05, 0.1) is 0 Å². The predicted octanol–water partition coefficient (Wildman–Crippen LogP) is -0.187. The van der Waals surface area contributed by atoms with E-state index >= 15 is 0 Å². The standard InChI is InChI=1S/C10H20N4/c1-4-12-10(11)14-5-7-8(6-14)9(7)13(2)3/h7-9H,4-6H2,1-3H3,(H2,11,12). The molecule has 0 aromatic carbocycles. The quantitative estimate of drug-likeness (QED) is 0.492. The molecule has 1 aliphatic carbocycles. The van der Waals surface area contributed by atoms with Gasteiger partial charge in [0.25, 0.3) is 0 Å². The molecule has 0 amide bonds. The molecule has 2 rings (SSSR count). The molecule has 0 spiro atoms. The summed E-state index contributed by atoms with van der Waals surface area (Å²) in [4.78, 5) is 8.79. The number of nitrogens with zero attached hydrogens (tertiary/aromatic N) is 3. The molecule has 1 saturated heterocycles. The Morgan fingerprint density at radius 2 is 2.00 bits per heavy atom. The summed E-state index contributed by atoms with van der Waals surface area (Å²) in [6.07, 6.45) is 0. The van der Waals surface area contributed by atoms with Crippen molar-refractivity contribution >= 4 is 5.96 Å². The van der Waals surface area contributed by atoms with Gasteiger partial charge in [0.15, 0.2) is 5.96 Å². The number of likely N-dealkylation sites (tertiary alicyclic amines) is 1. The van der Waals surface area contributed by atoms with E-state index in [1.54, 1.807) is 0 Å². The molecule has 0 bridgehead atoms. The fraction of sp³-hybridized carbons (Fsp3) is 0.900. The highest BCUT2D eigenvalue weighted by molar-refractivity contribution is 5.78. The van der Waals surface area contributed by atoms with E-state index in [9.17, 15) is 0 Å². The van der Waals surface area contributed by atoms with E-state index in [2.05, 4.69) is 28.9 Å². The van der Waals surface area contributed by atoms with Gasteiger partial charge in [-0.3, -0.25) is 4.99 Å². The summed E-state index contributed by atoms with van der Waals surface area (Å²) in [7, 11) is 4.33. The molecule has 80 valence electrons. The molecule has 14 heavy (non-hydrogen) atoms. The maximum Gasteiger partial charge on any atom is 0.191 e. The molecular weight excluding hydrogens is 176 g/mol. The minimum absolute atomic E-state index is 0.734. The maximum absolute atomic E-state index is 5.86. The number of piperidine rings is 1. The molecule has 4 heteroatoms. The molecule has 2 unspecified atom stereocenters. The van der Waals surface area contributed by atoms with Crippen LogP contribution in [0.15, 0.2) is 4.99 Å². The monoisotopic (exact) mass is 196 g/mol. The summed E-state index contributed by atoms with van der Waals surface area (Å²) >= 11 is 0. The SMILES string of the molecule is CCN=C(N)N1CC2C(C1)C2N(C)C. The summed E-state index contributed by atoms with van der Waals surface area (Å²) in [5.74, 6) is 2.39. The highest BCUT2D eigenvalue weighted by Crippen LogP contribution is 2.47. The Bertz CT molecular complexity index is 237. The van der Waals surface area contributed by atoms with Crippen LogP contribution in [0.4, 0.5) is 0 Å². The summed E-state index contributed by atoms with van der Waals surface area (Å²) in [5.41, 5.74) is 5.86. The van der Waals surface area contributed by atoms with Crippen LogP contribution in [0.25, 0.3) is 0 Å². The van der Waals surface area contributed by atoms with Gasteiger partial charge >= 0.3 is 0 Å². The lowest BCUT2D eigenvalue weighted by atomic mass is 10.4. The first-order valence-corrected chi connectivity index (χ1v) is 5.36. The third-order valence-electron chi connectivity index (χ3n) is 3.39. The average Bonchev–Trinajstić information content (AvgIpc) is 2.63. The molecule has 2 fully saturated rings. The minimum Gasteiger partial charge on any atom is -0.370 e. The van der Waals surface area contributed by atoms with Crippen molar-refractivity contribution in [3.8, 4) is 0 Å². The minimum atomic E-state index is 0.734. The molecule has 0 aromatic rings. The second kappa shape index (κ2) is 3.42. The van der Waals surface area contributed by atoms with E-state index in [0.717, 1.165) is 43.5 Å². The number of rotatable bonds is 2. The maximum atomic E-state index is 5.86. The van der Waals surface area contributed by atoms with Gasteiger partial charge in [-0.25, -0.2) is 0 Å². The first-order chi connectivity index (χ1) is 6.65. The highest BCUT2D eigenvalue weighted by Gasteiger charge is 2.57. The number of nitrogens with two attached hydrogens (primary N) is 1. The van der Waals surface area contributed by atoms with Crippen LogP contribution >= 0.6 is 0 Å². The van der Waals surface area contributed by atoms with Gasteiger partial charge in [0, 0.05) is 25.7 Å². The van der Waals surface area contributed by atoms with Crippen LogP contribution in [0, 0.1) is 11.8 Å². The number of aliphatic imine (C=N–C) groups is 1. The Labute approximate surface area is 85.8 Å². The van der Waals surface area contributed by atoms with Crippen LogP contribution in [-0.4, -0.2) is 55.5 Å². The Morgan fingerprint density at radius 3 is 2.43 bits per heavy atom. The molecular formula is C10H20N4. The zero-order chi connectivity index (χ0) is 10.3. The lowest BCUT2D eigenvalue weighted by molar-refractivity contribution is 0.311. The molecule has 1 aliphatic heterocycles. The summed E-state index contributed by atoms with van der Waals surface area (Å²) < 4.78 is 0. The Kier molecular flexibility index (Phi) is 2.39. The van der Waals surface area contributed by atoms with E-state index in [1.807, 2.05) is 6.92 Å². The number of fused-ring (bicyclic) bond motifs is 1. The van der Waals surface area contributed by atoms with Crippen molar-refractivity contribution in [2.24, 2.45) is 22.6 Å². The van der Waals surface area contributed by atoms with E-state index < -0.39 is 0 Å². The van der Waals surface area contributed by atoms with Crippen molar-refractivity contribution < 1.29 is 0 Å². The normalized spacial score (nSPS) is 36.4. The summed E-state index contributed by atoms with van der Waals surface area (Å²) in [6.45, 7) is 5.01. The number of hydrogen-bond donors (Lipinski definition) is 1. The fourth-order valence-electron chi connectivity index (χ4n) is 2.71. The molecule has 0 aromatic heterocycles. The second-order valence-corrected chi connectivity index (χ2v) is 4.52. The van der Waals surface area contributed by atoms with Gasteiger partial charge in [0.2, 0.25) is 0 Å². The van der Waals surface area contributed by atoms with Gasteiger partial charge in [-0.2, -0.15) is 0 Å². The second-order valence-electron chi connectivity index (χ2n) is 4.52. The Hall–Kier alpha value is -0.770. The van der Waals surface area contributed by atoms with Gasteiger partial charge in [0.1, 0.15) is 0 Å². The third kappa shape index (κ3) is 1.47. The van der Waals surface area contributed by atoms with Crippen LogP contribution in [0.2, 0.25) is 0 Å². The Balaban J connectivity index is 1.87. The molecule has 1 saturated carbocycles. The van der Waals surface area contributed by atoms with Crippen LogP contribution in [0.1, 0.15) is 6.92 Å². The lowest BCUT2D eigenvalue weighted by Crippen LogP contribution is -2.39. The van der Waals surface area contributed by atoms with Crippen molar-refractivity contribution in [3.63, 3.8) is 0 Å². The zero-order valence-electron chi connectivity index (χ0n) is 9.27. The number of guanidine groups is 1. The smallest absolute Gasteiger partial charge is 0.191 e. The molecule has 2 aliphatic rings. The van der Waals surface area contributed by atoms with Crippen LogP contribution in [0.5, 0.6) is 0 Å². The van der Waals surface area contributed by atoms with Crippen LogP contribution in [0.3, 0.4) is 0 Å². The molecule has 0 radical (unpaired) electrons. The van der Waals surface area contributed by atoms with Crippen LogP contribution < -0.4 is 5.73 Å². The van der Waals surface area contributed by atoms with Gasteiger partial charge in [-0.05, 0) is 32.9 Å². The van der Waals surface area contributed by atoms with Crippen molar-refractivity contribution in [2.45, 2.75) is 13.0 Å². The topological polar surface area (TPSA) is 44.9 Å². The number of hydrogen-bond acceptors (Lipinski definition) is 2. The summed E-state index contributed by atoms with van der Waals surface area (Å²) in [5, 5.41) is 0. The summed E-state index contributed by atoms with van der Waals surface area (Å²) in [6, 6.07) is 0.792. The largest absolute Gasteiger partial charge is 0.370 e. The van der Waals surface area contributed by atoms with Gasteiger partial charge < -0.3 is 15.5 Å². The van der Waals surface area contributed by atoms with Crippen molar-refractivity contribution in [1.29, 1.82) is 0 Å². The van der Waals surface area contributed by atoms with E-state index in [1.165, 1.54) is 0 Å². The van der Waals surface area contributed by atoms with E-state index in [0.29, 0.717) is 0 Å². The average molecular weight is 196 g/mol. The molecule has 4 nitrogen and oxygen atoms in total. The van der Waals surface area contributed by atoms with Crippen LogP contribution in [-0.2, 0) is 0 Å². The molecule has 1 heterocycles.